The zero-order valence-corrected chi connectivity index (χ0v) is 9.97. The fourth-order valence-corrected chi connectivity index (χ4v) is 1.46. The van der Waals surface area contributed by atoms with Crippen LogP contribution in [0.1, 0.15) is 24.8 Å². The Balaban J connectivity index is 2.73. The first kappa shape index (κ1) is 13.0. The SMILES string of the molecule is CCOC(=O)C[C@H](C#N)c1ccc(OC)cc1. The minimum absolute atomic E-state index is 0.0800. The number of carbonyl (C=O) groups excluding carboxylic acids is 1. The molecule has 0 spiro atoms. The molecule has 0 heterocycles. The van der Waals surface area contributed by atoms with E-state index in [9.17, 15) is 4.79 Å². The first-order valence-electron chi connectivity index (χ1n) is 5.40. The van der Waals surface area contributed by atoms with Crippen LogP contribution in [0.5, 0.6) is 5.75 Å². The van der Waals surface area contributed by atoms with Crippen LogP contribution < -0.4 is 4.74 Å². The second kappa shape index (κ2) is 6.54. The molecule has 4 nitrogen and oxygen atoms in total. The average Bonchev–Trinajstić information content (AvgIpc) is 2.36. The largest absolute Gasteiger partial charge is 0.497 e. The molecule has 1 atom stereocenters. The standard InChI is InChI=1S/C13H15NO3/c1-3-17-13(15)8-11(9-14)10-4-6-12(16-2)7-5-10/h4-7,11H,3,8H2,1-2H3/t11-/m1/s1. The number of nitriles is 1. The Morgan fingerprint density at radius 3 is 2.53 bits per heavy atom. The Hall–Kier alpha value is -2.02. The monoisotopic (exact) mass is 233 g/mol. The summed E-state index contributed by atoms with van der Waals surface area (Å²) in [6.07, 6.45) is 0.0800. The van der Waals surface area contributed by atoms with Crippen LogP contribution in [0.15, 0.2) is 24.3 Å². The highest BCUT2D eigenvalue weighted by Gasteiger charge is 2.16. The zero-order valence-electron chi connectivity index (χ0n) is 9.97. The maximum absolute atomic E-state index is 11.3. The van der Waals surface area contributed by atoms with Gasteiger partial charge in [-0.05, 0) is 24.6 Å². The minimum Gasteiger partial charge on any atom is -0.497 e. The number of methoxy groups -OCH3 is 1. The third-order valence-corrected chi connectivity index (χ3v) is 2.35. The van der Waals surface area contributed by atoms with Crippen molar-refractivity contribution in [2.75, 3.05) is 13.7 Å². The lowest BCUT2D eigenvalue weighted by Gasteiger charge is -2.09. The summed E-state index contributed by atoms with van der Waals surface area (Å²) in [6, 6.07) is 9.21. The van der Waals surface area contributed by atoms with Gasteiger partial charge in [0, 0.05) is 0 Å². The number of hydrogen-bond donors (Lipinski definition) is 0. The van der Waals surface area contributed by atoms with Crippen LogP contribution in [0.2, 0.25) is 0 Å². The molecule has 0 aliphatic heterocycles. The van der Waals surface area contributed by atoms with Crippen LogP contribution in [0, 0.1) is 11.3 Å². The highest BCUT2D eigenvalue weighted by atomic mass is 16.5. The maximum atomic E-state index is 11.3. The summed E-state index contributed by atoms with van der Waals surface area (Å²) in [7, 11) is 1.58. The molecule has 0 saturated carbocycles. The molecule has 1 aromatic carbocycles. The van der Waals surface area contributed by atoms with Gasteiger partial charge in [0.1, 0.15) is 5.75 Å². The summed E-state index contributed by atoms with van der Waals surface area (Å²) < 4.78 is 9.85. The molecule has 1 aromatic rings. The highest BCUT2D eigenvalue weighted by molar-refractivity contribution is 5.71. The van der Waals surface area contributed by atoms with E-state index in [4.69, 9.17) is 14.7 Å². The van der Waals surface area contributed by atoms with E-state index in [0.29, 0.717) is 6.61 Å². The Morgan fingerprint density at radius 1 is 1.41 bits per heavy atom. The van der Waals surface area contributed by atoms with Crippen molar-refractivity contribution in [2.24, 2.45) is 0 Å². The molecule has 0 aromatic heterocycles. The Labute approximate surface area is 101 Å². The van der Waals surface area contributed by atoms with Gasteiger partial charge in [0.15, 0.2) is 0 Å². The van der Waals surface area contributed by atoms with E-state index in [1.165, 1.54) is 0 Å². The van der Waals surface area contributed by atoms with Gasteiger partial charge in [-0.15, -0.1) is 0 Å². The van der Waals surface area contributed by atoms with E-state index in [-0.39, 0.29) is 12.4 Å². The van der Waals surface area contributed by atoms with Gasteiger partial charge in [-0.2, -0.15) is 5.26 Å². The first-order chi connectivity index (χ1) is 8.21. The Bertz CT molecular complexity index is 406. The Kier molecular flexibility index (Phi) is 5.02. The van der Waals surface area contributed by atoms with Gasteiger partial charge >= 0.3 is 5.97 Å². The molecular weight excluding hydrogens is 218 g/mol. The van der Waals surface area contributed by atoms with E-state index in [1.807, 2.05) is 0 Å². The predicted molar refractivity (Wildman–Crippen MR) is 62.6 cm³/mol. The van der Waals surface area contributed by atoms with Crippen molar-refractivity contribution >= 4 is 5.97 Å². The first-order valence-corrected chi connectivity index (χ1v) is 5.40. The molecule has 4 heteroatoms. The fourth-order valence-electron chi connectivity index (χ4n) is 1.46. The minimum atomic E-state index is -0.472. The quantitative estimate of drug-likeness (QED) is 0.732. The van der Waals surface area contributed by atoms with Crippen molar-refractivity contribution in [1.82, 2.24) is 0 Å². The summed E-state index contributed by atoms with van der Waals surface area (Å²) in [5.41, 5.74) is 0.793. The molecule has 0 unspecified atom stereocenters. The highest BCUT2D eigenvalue weighted by Crippen LogP contribution is 2.22. The second-order valence-electron chi connectivity index (χ2n) is 3.46. The van der Waals surface area contributed by atoms with Gasteiger partial charge in [0.2, 0.25) is 0 Å². The van der Waals surface area contributed by atoms with Crippen molar-refractivity contribution in [3.05, 3.63) is 29.8 Å². The van der Waals surface area contributed by atoms with E-state index in [0.717, 1.165) is 11.3 Å². The fraction of sp³-hybridized carbons (Fsp3) is 0.385. The number of ether oxygens (including phenoxy) is 2. The maximum Gasteiger partial charge on any atom is 0.307 e. The third kappa shape index (κ3) is 3.80. The van der Waals surface area contributed by atoms with E-state index >= 15 is 0 Å². The molecule has 0 aliphatic rings. The van der Waals surface area contributed by atoms with E-state index < -0.39 is 5.92 Å². The average molecular weight is 233 g/mol. The third-order valence-electron chi connectivity index (χ3n) is 2.35. The number of esters is 1. The van der Waals surface area contributed by atoms with E-state index in [1.54, 1.807) is 38.3 Å². The summed E-state index contributed by atoms with van der Waals surface area (Å²) in [6.45, 7) is 2.08. The van der Waals surface area contributed by atoms with Gasteiger partial charge in [0.25, 0.3) is 0 Å². The Morgan fingerprint density at radius 2 is 2.06 bits per heavy atom. The van der Waals surface area contributed by atoms with Crippen molar-refractivity contribution < 1.29 is 14.3 Å². The van der Waals surface area contributed by atoms with Gasteiger partial charge in [0.05, 0.1) is 32.1 Å². The molecule has 90 valence electrons. The van der Waals surface area contributed by atoms with E-state index in [2.05, 4.69) is 6.07 Å². The molecule has 0 fully saturated rings. The molecule has 0 bridgehead atoms. The number of hydrogen-bond acceptors (Lipinski definition) is 4. The summed E-state index contributed by atoms with van der Waals surface area (Å²) in [5.74, 6) is -0.101. The summed E-state index contributed by atoms with van der Waals surface area (Å²) in [5, 5.41) is 9.03. The zero-order chi connectivity index (χ0) is 12.7. The van der Waals surface area contributed by atoms with Gasteiger partial charge in [-0.1, -0.05) is 12.1 Å². The second-order valence-corrected chi connectivity index (χ2v) is 3.46. The van der Waals surface area contributed by atoms with Crippen LogP contribution in [0.25, 0.3) is 0 Å². The number of benzene rings is 1. The van der Waals surface area contributed by atoms with Gasteiger partial charge < -0.3 is 9.47 Å². The van der Waals surface area contributed by atoms with Gasteiger partial charge in [-0.25, -0.2) is 0 Å². The van der Waals surface area contributed by atoms with Crippen LogP contribution in [-0.2, 0) is 9.53 Å². The molecule has 0 aliphatic carbocycles. The molecular formula is C13H15NO3. The number of carbonyl (C=O) groups is 1. The number of nitrogens with zero attached hydrogens (tertiary/aromatic N) is 1. The molecule has 0 saturated heterocycles. The van der Waals surface area contributed by atoms with Gasteiger partial charge in [-0.3, -0.25) is 4.79 Å². The van der Waals surface area contributed by atoms with Crippen LogP contribution in [0.3, 0.4) is 0 Å². The normalized spacial score (nSPS) is 11.4. The number of rotatable bonds is 5. The topological polar surface area (TPSA) is 59.3 Å². The molecule has 17 heavy (non-hydrogen) atoms. The van der Waals surface area contributed by atoms with Crippen LogP contribution in [-0.4, -0.2) is 19.7 Å². The van der Waals surface area contributed by atoms with Crippen molar-refractivity contribution in [3.63, 3.8) is 0 Å². The molecule has 0 amide bonds. The van der Waals surface area contributed by atoms with Crippen molar-refractivity contribution in [1.29, 1.82) is 5.26 Å². The lowest BCUT2D eigenvalue weighted by molar-refractivity contribution is -0.143. The lowest BCUT2D eigenvalue weighted by atomic mass is 9.97. The summed E-state index contributed by atoms with van der Waals surface area (Å²) in [4.78, 5) is 11.3. The van der Waals surface area contributed by atoms with Crippen molar-refractivity contribution in [2.45, 2.75) is 19.3 Å². The van der Waals surface area contributed by atoms with Crippen LogP contribution in [0.4, 0.5) is 0 Å². The molecule has 1 rings (SSSR count). The lowest BCUT2D eigenvalue weighted by Crippen LogP contribution is -2.09. The predicted octanol–water partition coefficient (Wildman–Crippen LogP) is 2.26. The van der Waals surface area contributed by atoms with Crippen LogP contribution >= 0.6 is 0 Å². The molecule has 0 N–H and O–H groups in total. The smallest absolute Gasteiger partial charge is 0.307 e. The summed E-state index contributed by atoms with van der Waals surface area (Å²) >= 11 is 0. The van der Waals surface area contributed by atoms with Crippen molar-refractivity contribution in [3.8, 4) is 11.8 Å². The molecule has 0 radical (unpaired) electrons.